The first-order valence-electron chi connectivity index (χ1n) is 10.6. The van der Waals surface area contributed by atoms with Crippen LogP contribution in [0.5, 0.6) is 0 Å². The molecular weight excluding hydrogens is 366 g/mol. The standard InChI is InChI=1S/C22H31N5O2/c1-17-4-2-3-5-20(17)24-22(29)25-21(28)16-27-12-10-26(11-13-27)15-19-8-6-18(14-23)7-9-19/h6-9,17,20H,2-5,10-13,15-16H2,1H3,(H2,24,25,28,29). The first-order chi connectivity index (χ1) is 14.0. The van der Waals surface area contributed by atoms with Gasteiger partial charge < -0.3 is 5.32 Å². The number of amides is 3. The van der Waals surface area contributed by atoms with Crippen molar-refractivity contribution in [2.75, 3.05) is 32.7 Å². The highest BCUT2D eigenvalue weighted by molar-refractivity contribution is 5.95. The van der Waals surface area contributed by atoms with Crippen LogP contribution in [0.4, 0.5) is 4.79 Å². The van der Waals surface area contributed by atoms with Gasteiger partial charge in [0, 0.05) is 38.8 Å². The maximum absolute atomic E-state index is 12.2. The average Bonchev–Trinajstić information content (AvgIpc) is 2.71. The Labute approximate surface area is 173 Å². The average molecular weight is 398 g/mol. The number of carbonyl (C=O) groups is 2. The molecule has 1 aliphatic heterocycles. The molecule has 1 aromatic rings. The highest BCUT2D eigenvalue weighted by Gasteiger charge is 2.24. The highest BCUT2D eigenvalue weighted by Crippen LogP contribution is 2.23. The Balaban J connectivity index is 1.35. The summed E-state index contributed by atoms with van der Waals surface area (Å²) in [5.41, 5.74) is 1.86. The summed E-state index contributed by atoms with van der Waals surface area (Å²) >= 11 is 0. The van der Waals surface area contributed by atoms with Gasteiger partial charge >= 0.3 is 6.03 Å². The number of nitrogens with zero attached hydrogens (tertiary/aromatic N) is 3. The van der Waals surface area contributed by atoms with E-state index in [1.54, 1.807) is 0 Å². The van der Waals surface area contributed by atoms with Crippen LogP contribution in [0.1, 0.15) is 43.7 Å². The smallest absolute Gasteiger partial charge is 0.321 e. The Morgan fingerprint density at radius 2 is 1.72 bits per heavy atom. The maximum Gasteiger partial charge on any atom is 0.321 e. The number of urea groups is 1. The molecule has 1 aliphatic carbocycles. The van der Waals surface area contributed by atoms with Gasteiger partial charge in [-0.15, -0.1) is 0 Å². The van der Waals surface area contributed by atoms with E-state index in [9.17, 15) is 9.59 Å². The van der Waals surface area contributed by atoms with Crippen molar-refractivity contribution in [2.24, 2.45) is 5.92 Å². The molecule has 0 aromatic heterocycles. The quantitative estimate of drug-likeness (QED) is 0.794. The first-order valence-corrected chi connectivity index (χ1v) is 10.6. The van der Waals surface area contributed by atoms with Crippen LogP contribution in [0.15, 0.2) is 24.3 Å². The molecule has 2 aliphatic rings. The van der Waals surface area contributed by atoms with E-state index in [0.29, 0.717) is 11.5 Å². The lowest BCUT2D eigenvalue weighted by Crippen LogP contribution is -2.52. The van der Waals surface area contributed by atoms with Crippen molar-refractivity contribution in [3.05, 3.63) is 35.4 Å². The van der Waals surface area contributed by atoms with Gasteiger partial charge in [-0.25, -0.2) is 4.79 Å². The maximum atomic E-state index is 12.2. The SMILES string of the molecule is CC1CCCCC1NC(=O)NC(=O)CN1CCN(Cc2ccc(C#N)cc2)CC1. The topological polar surface area (TPSA) is 88.5 Å². The van der Waals surface area contributed by atoms with Crippen molar-refractivity contribution < 1.29 is 9.59 Å². The minimum Gasteiger partial charge on any atom is -0.335 e. The Kier molecular flexibility index (Phi) is 7.62. The molecule has 2 N–H and O–H groups in total. The van der Waals surface area contributed by atoms with Crippen molar-refractivity contribution in [2.45, 2.75) is 45.2 Å². The lowest BCUT2D eigenvalue weighted by Gasteiger charge is -2.34. The van der Waals surface area contributed by atoms with Gasteiger partial charge in [0.2, 0.25) is 5.91 Å². The van der Waals surface area contributed by atoms with Crippen LogP contribution in [0.2, 0.25) is 0 Å². The van der Waals surface area contributed by atoms with Crippen molar-refractivity contribution >= 4 is 11.9 Å². The molecule has 7 nitrogen and oxygen atoms in total. The third-order valence-electron chi connectivity index (χ3n) is 6.00. The lowest BCUT2D eigenvalue weighted by atomic mass is 9.86. The van der Waals surface area contributed by atoms with Gasteiger partial charge in [0.1, 0.15) is 0 Å². The van der Waals surface area contributed by atoms with Crippen LogP contribution >= 0.6 is 0 Å². The lowest BCUT2D eigenvalue weighted by molar-refractivity contribution is -0.121. The number of nitriles is 1. The Morgan fingerprint density at radius 3 is 2.38 bits per heavy atom. The summed E-state index contributed by atoms with van der Waals surface area (Å²) in [6.45, 7) is 6.59. The number of benzene rings is 1. The van der Waals surface area contributed by atoms with E-state index in [-0.39, 0.29) is 24.5 Å². The summed E-state index contributed by atoms with van der Waals surface area (Å²) in [7, 11) is 0. The summed E-state index contributed by atoms with van der Waals surface area (Å²) in [6.07, 6.45) is 4.47. The van der Waals surface area contributed by atoms with Gasteiger partial charge in [-0.2, -0.15) is 5.26 Å². The molecule has 7 heteroatoms. The molecule has 156 valence electrons. The summed E-state index contributed by atoms with van der Waals surface area (Å²) in [5.74, 6) is 0.222. The van der Waals surface area contributed by atoms with Crippen LogP contribution in [0, 0.1) is 17.2 Å². The van der Waals surface area contributed by atoms with Crippen molar-refractivity contribution in [1.29, 1.82) is 5.26 Å². The van der Waals surface area contributed by atoms with Crippen molar-refractivity contribution in [3.8, 4) is 6.07 Å². The summed E-state index contributed by atoms with van der Waals surface area (Å²) in [4.78, 5) is 28.8. The van der Waals surface area contributed by atoms with Gasteiger partial charge in [0.15, 0.2) is 0 Å². The van der Waals surface area contributed by atoms with Crippen LogP contribution in [0.3, 0.4) is 0 Å². The van der Waals surface area contributed by atoms with E-state index >= 15 is 0 Å². The monoisotopic (exact) mass is 397 g/mol. The molecule has 0 bridgehead atoms. The Hall–Kier alpha value is -2.43. The third kappa shape index (κ3) is 6.55. The number of imide groups is 1. The summed E-state index contributed by atoms with van der Waals surface area (Å²) in [6, 6.07) is 9.60. The van der Waals surface area contributed by atoms with Crippen molar-refractivity contribution in [1.82, 2.24) is 20.4 Å². The summed E-state index contributed by atoms with van der Waals surface area (Å²) < 4.78 is 0. The van der Waals surface area contributed by atoms with Crippen molar-refractivity contribution in [3.63, 3.8) is 0 Å². The number of hydrogen-bond acceptors (Lipinski definition) is 5. The molecule has 1 heterocycles. The molecule has 3 amide bonds. The van der Waals surface area contributed by atoms with Gasteiger partial charge in [-0.3, -0.25) is 19.9 Å². The van der Waals surface area contributed by atoms with E-state index in [2.05, 4.69) is 33.4 Å². The molecular formula is C22H31N5O2. The van der Waals surface area contributed by atoms with E-state index in [1.165, 1.54) is 12.0 Å². The highest BCUT2D eigenvalue weighted by atomic mass is 16.2. The third-order valence-corrected chi connectivity index (χ3v) is 6.00. The molecule has 0 radical (unpaired) electrons. The van der Waals surface area contributed by atoms with E-state index in [0.717, 1.165) is 52.0 Å². The fourth-order valence-electron chi connectivity index (χ4n) is 4.15. The largest absolute Gasteiger partial charge is 0.335 e. The molecule has 1 aromatic carbocycles. The second kappa shape index (κ2) is 10.4. The Morgan fingerprint density at radius 1 is 1.07 bits per heavy atom. The van der Waals surface area contributed by atoms with Gasteiger partial charge in [0.25, 0.3) is 0 Å². The predicted molar refractivity (Wildman–Crippen MR) is 111 cm³/mol. The zero-order chi connectivity index (χ0) is 20.6. The van der Waals surface area contributed by atoms with Gasteiger partial charge in [0.05, 0.1) is 18.2 Å². The molecule has 2 atom stereocenters. The minimum absolute atomic E-state index is 0.169. The molecule has 29 heavy (non-hydrogen) atoms. The zero-order valence-electron chi connectivity index (χ0n) is 17.2. The Bertz CT molecular complexity index is 735. The molecule has 1 saturated heterocycles. The van der Waals surface area contributed by atoms with E-state index in [1.807, 2.05) is 24.3 Å². The van der Waals surface area contributed by atoms with Gasteiger partial charge in [-0.1, -0.05) is 31.9 Å². The van der Waals surface area contributed by atoms with Crippen LogP contribution in [-0.4, -0.2) is 60.5 Å². The van der Waals surface area contributed by atoms with Crippen LogP contribution in [0.25, 0.3) is 0 Å². The normalized spacial score (nSPS) is 23.2. The molecule has 0 spiro atoms. The second-order valence-electron chi connectivity index (χ2n) is 8.25. The number of rotatable bonds is 5. The van der Waals surface area contributed by atoms with E-state index < -0.39 is 0 Å². The summed E-state index contributed by atoms with van der Waals surface area (Å²) in [5, 5.41) is 14.3. The molecule has 3 rings (SSSR count). The number of hydrogen-bond donors (Lipinski definition) is 2. The minimum atomic E-state index is -0.367. The van der Waals surface area contributed by atoms with Gasteiger partial charge in [-0.05, 0) is 36.5 Å². The number of nitrogens with one attached hydrogen (secondary N) is 2. The van der Waals surface area contributed by atoms with E-state index in [4.69, 9.17) is 5.26 Å². The second-order valence-corrected chi connectivity index (χ2v) is 8.25. The molecule has 1 saturated carbocycles. The number of carbonyl (C=O) groups excluding carboxylic acids is 2. The zero-order valence-corrected chi connectivity index (χ0v) is 17.2. The first kappa shape index (κ1) is 21.3. The fraction of sp³-hybridized carbons (Fsp3) is 0.591. The fourth-order valence-corrected chi connectivity index (χ4v) is 4.15. The number of piperazine rings is 1. The molecule has 2 fully saturated rings. The molecule has 2 unspecified atom stereocenters. The van der Waals surface area contributed by atoms with Crippen LogP contribution in [-0.2, 0) is 11.3 Å². The predicted octanol–water partition coefficient (Wildman–Crippen LogP) is 2.08. The van der Waals surface area contributed by atoms with Crippen LogP contribution < -0.4 is 10.6 Å².